The molecule has 0 radical (unpaired) electrons. The van der Waals surface area contributed by atoms with Crippen molar-refractivity contribution >= 4 is 11.8 Å². The Balaban J connectivity index is 1.90. The van der Waals surface area contributed by atoms with E-state index in [1.54, 1.807) is 17.3 Å². The second kappa shape index (κ2) is 4.74. The molecule has 0 spiro atoms. The van der Waals surface area contributed by atoms with Crippen LogP contribution in [0.5, 0.6) is 0 Å². The van der Waals surface area contributed by atoms with Crippen molar-refractivity contribution in [2.45, 2.75) is 6.42 Å². The van der Waals surface area contributed by atoms with Gasteiger partial charge in [-0.25, -0.2) is 0 Å². The third kappa shape index (κ3) is 2.56. The third-order valence-corrected chi connectivity index (χ3v) is 2.52. The molecule has 1 saturated heterocycles. The van der Waals surface area contributed by atoms with E-state index in [0.29, 0.717) is 6.54 Å². The lowest BCUT2D eigenvalue weighted by Crippen LogP contribution is -2.51. The van der Waals surface area contributed by atoms with E-state index < -0.39 is 0 Å². The predicted octanol–water partition coefficient (Wildman–Crippen LogP) is -0.417. The van der Waals surface area contributed by atoms with E-state index in [1.807, 2.05) is 12.1 Å². The number of hydrogen-bond acceptors (Lipinski definition) is 3. The Morgan fingerprint density at radius 3 is 3.06 bits per heavy atom. The van der Waals surface area contributed by atoms with Crippen LogP contribution in [-0.4, -0.2) is 41.3 Å². The molecule has 0 aliphatic carbocycles. The Kier molecular flexibility index (Phi) is 3.14. The van der Waals surface area contributed by atoms with Crippen molar-refractivity contribution in [3.63, 3.8) is 0 Å². The summed E-state index contributed by atoms with van der Waals surface area (Å²) in [6.45, 7) is 0.850. The Morgan fingerprint density at radius 2 is 2.31 bits per heavy atom. The maximum atomic E-state index is 11.5. The van der Waals surface area contributed by atoms with Crippen molar-refractivity contribution in [1.82, 2.24) is 15.2 Å². The number of rotatable bonds is 3. The zero-order valence-corrected chi connectivity index (χ0v) is 8.85. The van der Waals surface area contributed by atoms with E-state index in [9.17, 15) is 9.59 Å². The van der Waals surface area contributed by atoms with Gasteiger partial charge in [-0.15, -0.1) is 0 Å². The molecular formula is C11H13N3O2. The molecule has 1 aliphatic rings. The van der Waals surface area contributed by atoms with Crippen LogP contribution in [0.15, 0.2) is 24.5 Å². The number of carbonyl (C=O) groups excluding carboxylic acids is 2. The van der Waals surface area contributed by atoms with Gasteiger partial charge in [0.25, 0.3) is 0 Å². The second-order valence-electron chi connectivity index (χ2n) is 3.70. The van der Waals surface area contributed by atoms with Gasteiger partial charge in [0.05, 0.1) is 13.1 Å². The number of nitrogens with zero attached hydrogens (tertiary/aromatic N) is 2. The lowest BCUT2D eigenvalue weighted by molar-refractivity contribution is -0.140. The van der Waals surface area contributed by atoms with Crippen molar-refractivity contribution < 1.29 is 9.59 Å². The summed E-state index contributed by atoms with van der Waals surface area (Å²) in [6, 6.07) is 3.82. The van der Waals surface area contributed by atoms with Crippen LogP contribution in [0, 0.1) is 0 Å². The Bertz CT molecular complexity index is 391. The first kappa shape index (κ1) is 10.6. The van der Waals surface area contributed by atoms with Gasteiger partial charge in [-0.1, -0.05) is 6.07 Å². The lowest BCUT2D eigenvalue weighted by Gasteiger charge is -2.26. The Morgan fingerprint density at radius 1 is 1.44 bits per heavy atom. The first-order valence-electron chi connectivity index (χ1n) is 5.19. The topological polar surface area (TPSA) is 62.3 Å². The smallest absolute Gasteiger partial charge is 0.242 e. The van der Waals surface area contributed by atoms with E-state index in [4.69, 9.17) is 0 Å². The van der Waals surface area contributed by atoms with Crippen molar-refractivity contribution in [3.05, 3.63) is 30.1 Å². The van der Waals surface area contributed by atoms with Crippen LogP contribution in [0.4, 0.5) is 0 Å². The van der Waals surface area contributed by atoms with Crippen molar-refractivity contribution in [2.75, 3.05) is 19.6 Å². The molecule has 1 aliphatic heterocycles. The van der Waals surface area contributed by atoms with Gasteiger partial charge < -0.3 is 10.2 Å². The molecule has 2 rings (SSSR count). The summed E-state index contributed by atoms with van der Waals surface area (Å²) < 4.78 is 0. The highest BCUT2D eigenvalue weighted by Crippen LogP contribution is 2.01. The molecular weight excluding hydrogens is 206 g/mol. The van der Waals surface area contributed by atoms with Gasteiger partial charge in [0, 0.05) is 18.9 Å². The SMILES string of the molecule is O=C1CN(CCc2cccnc2)C(=O)CN1. The summed E-state index contributed by atoms with van der Waals surface area (Å²) in [5, 5.41) is 2.52. The first-order chi connectivity index (χ1) is 7.75. The highest BCUT2D eigenvalue weighted by Gasteiger charge is 2.22. The zero-order chi connectivity index (χ0) is 11.4. The fraction of sp³-hybridized carbons (Fsp3) is 0.364. The number of pyridine rings is 1. The van der Waals surface area contributed by atoms with Crippen molar-refractivity contribution in [3.8, 4) is 0 Å². The number of carbonyl (C=O) groups is 2. The predicted molar refractivity (Wildman–Crippen MR) is 57.5 cm³/mol. The van der Waals surface area contributed by atoms with E-state index in [0.717, 1.165) is 12.0 Å². The van der Waals surface area contributed by atoms with Gasteiger partial charge in [0.1, 0.15) is 0 Å². The number of amides is 2. The highest BCUT2D eigenvalue weighted by atomic mass is 16.2. The van der Waals surface area contributed by atoms with Crippen LogP contribution >= 0.6 is 0 Å². The molecule has 1 fully saturated rings. The summed E-state index contributed by atoms with van der Waals surface area (Å²) in [6.07, 6.45) is 4.21. The molecule has 1 aromatic rings. The summed E-state index contributed by atoms with van der Waals surface area (Å²) in [4.78, 5) is 28.1. The molecule has 0 atom stereocenters. The maximum absolute atomic E-state index is 11.5. The monoisotopic (exact) mass is 219 g/mol. The Labute approximate surface area is 93.5 Å². The van der Waals surface area contributed by atoms with Gasteiger partial charge in [-0.05, 0) is 18.1 Å². The molecule has 5 heteroatoms. The largest absolute Gasteiger partial charge is 0.345 e. The van der Waals surface area contributed by atoms with Crippen LogP contribution < -0.4 is 5.32 Å². The standard InChI is InChI=1S/C11H13N3O2/c15-10-8-14(11(16)7-13-10)5-3-9-2-1-4-12-6-9/h1-2,4,6H,3,5,7-8H2,(H,13,15). The fourth-order valence-corrected chi connectivity index (χ4v) is 1.62. The molecule has 0 unspecified atom stereocenters. The minimum atomic E-state index is -0.0919. The average Bonchev–Trinajstić information content (AvgIpc) is 2.32. The van der Waals surface area contributed by atoms with Crippen molar-refractivity contribution in [2.24, 2.45) is 0 Å². The molecule has 0 aromatic carbocycles. The van der Waals surface area contributed by atoms with E-state index in [-0.39, 0.29) is 24.9 Å². The maximum Gasteiger partial charge on any atom is 0.242 e. The molecule has 1 aromatic heterocycles. The number of piperazine rings is 1. The number of hydrogen-bond donors (Lipinski definition) is 1. The van der Waals surface area contributed by atoms with Gasteiger partial charge in [0.2, 0.25) is 11.8 Å². The van der Waals surface area contributed by atoms with Crippen LogP contribution in [0.25, 0.3) is 0 Å². The van der Waals surface area contributed by atoms with Gasteiger partial charge in [-0.2, -0.15) is 0 Å². The molecule has 84 valence electrons. The third-order valence-electron chi connectivity index (χ3n) is 2.52. The number of aromatic nitrogens is 1. The molecule has 16 heavy (non-hydrogen) atoms. The minimum absolute atomic E-state index is 0.0245. The summed E-state index contributed by atoms with van der Waals surface area (Å²) >= 11 is 0. The first-order valence-corrected chi connectivity index (χ1v) is 5.19. The van der Waals surface area contributed by atoms with Gasteiger partial charge in [0.15, 0.2) is 0 Å². The van der Waals surface area contributed by atoms with Gasteiger partial charge in [-0.3, -0.25) is 14.6 Å². The Hall–Kier alpha value is -1.91. The van der Waals surface area contributed by atoms with E-state index in [2.05, 4.69) is 10.3 Å². The highest BCUT2D eigenvalue weighted by molar-refractivity contribution is 5.92. The van der Waals surface area contributed by atoms with E-state index in [1.165, 1.54) is 0 Å². The quantitative estimate of drug-likeness (QED) is 0.751. The summed E-state index contributed by atoms with van der Waals surface area (Å²) in [5.41, 5.74) is 1.07. The van der Waals surface area contributed by atoms with Crippen molar-refractivity contribution in [1.29, 1.82) is 0 Å². The molecule has 5 nitrogen and oxygen atoms in total. The molecule has 1 N–H and O–H groups in total. The lowest BCUT2D eigenvalue weighted by atomic mass is 10.2. The normalized spacial score (nSPS) is 16.1. The zero-order valence-electron chi connectivity index (χ0n) is 8.85. The number of nitrogens with one attached hydrogen (secondary N) is 1. The van der Waals surface area contributed by atoms with Crippen LogP contribution in [-0.2, 0) is 16.0 Å². The van der Waals surface area contributed by atoms with Gasteiger partial charge >= 0.3 is 0 Å². The molecule has 2 amide bonds. The van der Waals surface area contributed by atoms with Crippen LogP contribution in [0.1, 0.15) is 5.56 Å². The van der Waals surface area contributed by atoms with Crippen LogP contribution in [0.3, 0.4) is 0 Å². The molecule has 2 heterocycles. The summed E-state index contributed by atoms with van der Waals surface area (Å²) in [5.74, 6) is -0.116. The van der Waals surface area contributed by atoms with E-state index >= 15 is 0 Å². The molecule has 0 saturated carbocycles. The molecule has 0 bridgehead atoms. The fourth-order valence-electron chi connectivity index (χ4n) is 1.62. The average molecular weight is 219 g/mol. The minimum Gasteiger partial charge on any atom is -0.345 e. The van der Waals surface area contributed by atoms with Crippen LogP contribution in [0.2, 0.25) is 0 Å². The summed E-state index contributed by atoms with van der Waals surface area (Å²) in [7, 11) is 0. The second-order valence-corrected chi connectivity index (χ2v) is 3.70.